The van der Waals surface area contributed by atoms with E-state index in [0.717, 1.165) is 18.8 Å². The molecule has 1 heterocycles. The molecule has 2 aromatic rings. The highest BCUT2D eigenvalue weighted by atomic mass is 35.5. The maximum Gasteiger partial charge on any atom is 0.322 e. The van der Waals surface area contributed by atoms with Crippen LogP contribution in [0.4, 0.5) is 20.6 Å². The largest absolute Gasteiger partial charge is 0.368 e. The average molecular weight is 334 g/mol. The lowest BCUT2D eigenvalue weighted by molar-refractivity contribution is 0.208. The summed E-state index contributed by atoms with van der Waals surface area (Å²) in [4.78, 5) is 16.2. The number of halogens is 2. The van der Waals surface area contributed by atoms with Gasteiger partial charge in [-0.05, 0) is 30.3 Å². The minimum Gasteiger partial charge on any atom is -0.368 e. The first kappa shape index (κ1) is 15.6. The fraction of sp³-hybridized carbons (Fsp3) is 0.235. The highest BCUT2D eigenvalue weighted by Gasteiger charge is 2.21. The number of hydrogen-bond acceptors (Lipinski definition) is 2. The number of hydrogen-bond donors (Lipinski definition) is 1. The van der Waals surface area contributed by atoms with E-state index in [4.69, 9.17) is 11.6 Å². The van der Waals surface area contributed by atoms with Gasteiger partial charge in [0.1, 0.15) is 5.82 Å². The van der Waals surface area contributed by atoms with Crippen LogP contribution < -0.4 is 10.2 Å². The van der Waals surface area contributed by atoms with Crippen LogP contribution in [-0.2, 0) is 0 Å². The van der Waals surface area contributed by atoms with E-state index in [0.29, 0.717) is 18.1 Å². The summed E-state index contributed by atoms with van der Waals surface area (Å²) in [6, 6.07) is 14.0. The van der Waals surface area contributed by atoms with Crippen LogP contribution >= 0.6 is 11.6 Å². The van der Waals surface area contributed by atoms with Crippen molar-refractivity contribution in [3.05, 3.63) is 59.4 Å². The smallest absolute Gasteiger partial charge is 0.322 e. The predicted molar refractivity (Wildman–Crippen MR) is 90.7 cm³/mol. The second kappa shape index (κ2) is 6.87. The highest BCUT2D eigenvalue weighted by Crippen LogP contribution is 2.20. The van der Waals surface area contributed by atoms with Crippen molar-refractivity contribution in [3.63, 3.8) is 0 Å². The molecule has 0 unspecified atom stereocenters. The molecule has 2 amide bonds. The number of carbonyl (C=O) groups is 1. The number of benzene rings is 2. The van der Waals surface area contributed by atoms with Crippen LogP contribution in [0.1, 0.15) is 0 Å². The maximum atomic E-state index is 13.7. The number of urea groups is 1. The lowest BCUT2D eigenvalue weighted by Gasteiger charge is -2.36. The Hall–Kier alpha value is -2.27. The second-order valence-electron chi connectivity index (χ2n) is 5.36. The van der Waals surface area contributed by atoms with Gasteiger partial charge in [-0.3, -0.25) is 0 Å². The standard InChI is InChI=1S/C17H17ClFN3O/c18-13-6-7-16(15(19)12-13)20-17(23)22-10-8-21(9-11-22)14-4-2-1-3-5-14/h1-7,12H,8-11H2,(H,20,23). The van der Waals surface area contributed by atoms with Crippen LogP contribution in [0.3, 0.4) is 0 Å². The molecule has 2 aromatic carbocycles. The molecule has 1 N–H and O–H groups in total. The van der Waals surface area contributed by atoms with Gasteiger partial charge in [0.25, 0.3) is 0 Å². The Morgan fingerprint density at radius 3 is 2.39 bits per heavy atom. The molecule has 1 saturated heterocycles. The molecule has 3 rings (SSSR count). The summed E-state index contributed by atoms with van der Waals surface area (Å²) >= 11 is 5.71. The van der Waals surface area contributed by atoms with Gasteiger partial charge in [0.05, 0.1) is 5.69 Å². The lowest BCUT2D eigenvalue weighted by atomic mass is 10.2. The van der Waals surface area contributed by atoms with Crippen molar-refractivity contribution in [2.75, 3.05) is 36.4 Å². The third-order valence-corrected chi connectivity index (χ3v) is 4.10. The fourth-order valence-corrected chi connectivity index (χ4v) is 2.75. The molecule has 0 saturated carbocycles. The van der Waals surface area contributed by atoms with Gasteiger partial charge in [-0.25, -0.2) is 9.18 Å². The van der Waals surface area contributed by atoms with E-state index in [1.54, 1.807) is 11.0 Å². The molecule has 1 aliphatic rings. The van der Waals surface area contributed by atoms with Gasteiger partial charge in [0.2, 0.25) is 0 Å². The summed E-state index contributed by atoms with van der Waals surface area (Å²) < 4.78 is 13.7. The Kier molecular flexibility index (Phi) is 4.67. The predicted octanol–water partition coefficient (Wildman–Crippen LogP) is 3.83. The molecule has 0 bridgehead atoms. The van der Waals surface area contributed by atoms with Crippen LogP contribution in [-0.4, -0.2) is 37.1 Å². The highest BCUT2D eigenvalue weighted by molar-refractivity contribution is 6.30. The van der Waals surface area contributed by atoms with Gasteiger partial charge < -0.3 is 15.1 Å². The molecule has 1 fully saturated rings. The number of anilines is 2. The van der Waals surface area contributed by atoms with Crippen molar-refractivity contribution in [3.8, 4) is 0 Å². The van der Waals surface area contributed by atoms with E-state index in [1.165, 1.54) is 12.1 Å². The first-order valence-corrected chi connectivity index (χ1v) is 7.82. The van der Waals surface area contributed by atoms with E-state index in [2.05, 4.69) is 22.3 Å². The fourth-order valence-electron chi connectivity index (χ4n) is 2.59. The minimum atomic E-state index is -0.534. The summed E-state index contributed by atoms with van der Waals surface area (Å²) in [6.07, 6.45) is 0. The molecule has 4 nitrogen and oxygen atoms in total. The first-order chi connectivity index (χ1) is 11.1. The molecule has 6 heteroatoms. The number of para-hydroxylation sites is 1. The van der Waals surface area contributed by atoms with E-state index in [9.17, 15) is 9.18 Å². The topological polar surface area (TPSA) is 35.6 Å². The van der Waals surface area contributed by atoms with E-state index < -0.39 is 5.82 Å². The molecule has 1 aliphatic heterocycles. The van der Waals surface area contributed by atoms with Crippen molar-refractivity contribution in [2.45, 2.75) is 0 Å². The lowest BCUT2D eigenvalue weighted by Crippen LogP contribution is -2.50. The van der Waals surface area contributed by atoms with E-state index in [-0.39, 0.29) is 11.7 Å². The van der Waals surface area contributed by atoms with E-state index in [1.807, 2.05) is 18.2 Å². The van der Waals surface area contributed by atoms with Gasteiger partial charge in [-0.2, -0.15) is 0 Å². The zero-order chi connectivity index (χ0) is 16.2. The van der Waals surface area contributed by atoms with E-state index >= 15 is 0 Å². The number of nitrogens with one attached hydrogen (secondary N) is 1. The van der Waals surface area contributed by atoms with Gasteiger partial charge in [-0.15, -0.1) is 0 Å². The SMILES string of the molecule is O=C(Nc1ccc(Cl)cc1F)N1CCN(c2ccccc2)CC1. The summed E-state index contributed by atoms with van der Waals surface area (Å²) in [6.45, 7) is 2.69. The van der Waals surface area contributed by atoms with Crippen molar-refractivity contribution < 1.29 is 9.18 Å². The van der Waals surface area contributed by atoms with Gasteiger partial charge in [0.15, 0.2) is 0 Å². The molecule has 0 atom stereocenters. The summed E-state index contributed by atoms with van der Waals surface area (Å²) in [5, 5.41) is 2.90. The zero-order valence-corrected chi connectivity index (χ0v) is 13.3. The van der Waals surface area contributed by atoms with Crippen molar-refractivity contribution >= 4 is 29.0 Å². The molecule has 120 valence electrons. The molecule has 0 spiro atoms. The number of rotatable bonds is 2. The minimum absolute atomic E-state index is 0.143. The molecular formula is C17H17ClFN3O. The van der Waals surface area contributed by atoms with Crippen LogP contribution in [0.2, 0.25) is 5.02 Å². The average Bonchev–Trinajstić information content (AvgIpc) is 2.58. The summed E-state index contributed by atoms with van der Waals surface area (Å²) in [5.74, 6) is -0.534. The normalized spacial score (nSPS) is 14.7. The van der Waals surface area contributed by atoms with Crippen LogP contribution in [0, 0.1) is 5.82 Å². The Morgan fingerprint density at radius 2 is 1.74 bits per heavy atom. The van der Waals surface area contributed by atoms with Crippen molar-refractivity contribution in [1.29, 1.82) is 0 Å². The number of amides is 2. The van der Waals surface area contributed by atoms with Gasteiger partial charge >= 0.3 is 6.03 Å². The van der Waals surface area contributed by atoms with Crippen LogP contribution in [0.25, 0.3) is 0 Å². The molecule has 23 heavy (non-hydrogen) atoms. The number of nitrogens with zero attached hydrogens (tertiary/aromatic N) is 2. The molecular weight excluding hydrogens is 317 g/mol. The quantitative estimate of drug-likeness (QED) is 0.906. The number of carbonyl (C=O) groups excluding carboxylic acids is 1. The second-order valence-corrected chi connectivity index (χ2v) is 5.80. The Bertz CT molecular complexity index is 687. The molecule has 0 radical (unpaired) electrons. The summed E-state index contributed by atoms with van der Waals surface area (Å²) in [7, 11) is 0. The zero-order valence-electron chi connectivity index (χ0n) is 12.5. The molecule has 0 aromatic heterocycles. The van der Waals surface area contributed by atoms with Crippen molar-refractivity contribution in [1.82, 2.24) is 4.90 Å². The number of piperazine rings is 1. The monoisotopic (exact) mass is 333 g/mol. The third kappa shape index (κ3) is 3.74. The first-order valence-electron chi connectivity index (χ1n) is 7.44. The Balaban J connectivity index is 1.58. The Morgan fingerprint density at radius 1 is 1.04 bits per heavy atom. The van der Waals surface area contributed by atoms with Crippen molar-refractivity contribution in [2.24, 2.45) is 0 Å². The maximum absolute atomic E-state index is 13.7. The van der Waals surface area contributed by atoms with Gasteiger partial charge in [0, 0.05) is 36.9 Å². The van der Waals surface area contributed by atoms with Gasteiger partial charge in [-0.1, -0.05) is 29.8 Å². The Labute approximate surface area is 139 Å². The molecule has 0 aliphatic carbocycles. The third-order valence-electron chi connectivity index (χ3n) is 3.86. The van der Waals surface area contributed by atoms with Crippen LogP contribution in [0.5, 0.6) is 0 Å². The summed E-state index contributed by atoms with van der Waals surface area (Å²) in [5.41, 5.74) is 1.29. The van der Waals surface area contributed by atoms with Crippen LogP contribution in [0.15, 0.2) is 48.5 Å².